The van der Waals surface area contributed by atoms with Crippen LogP contribution in [0, 0.1) is 0 Å². The molecular formula is C5H9BO3. The van der Waals surface area contributed by atoms with Gasteiger partial charge in [-0.05, 0) is 6.92 Å². The summed E-state index contributed by atoms with van der Waals surface area (Å²) < 4.78 is 4.86. The van der Waals surface area contributed by atoms with E-state index in [1.807, 2.05) is 0 Å². The van der Waals surface area contributed by atoms with Crippen LogP contribution in [0.5, 0.6) is 0 Å². The summed E-state index contributed by atoms with van der Waals surface area (Å²) in [7, 11) is 5.23. The molecule has 1 heterocycles. The van der Waals surface area contributed by atoms with Crippen molar-refractivity contribution in [2.45, 2.75) is 31.2 Å². The number of rotatable bonds is 0. The Morgan fingerprint density at radius 3 is 2.00 bits per heavy atom. The van der Waals surface area contributed by atoms with Gasteiger partial charge >= 0.3 is 0 Å². The molecule has 9 heavy (non-hydrogen) atoms. The Morgan fingerprint density at radius 1 is 1.33 bits per heavy atom. The Kier molecular flexibility index (Phi) is 1.79. The fourth-order valence-electron chi connectivity index (χ4n) is 0.881. The second kappa shape index (κ2) is 2.29. The number of hydrogen-bond acceptors (Lipinski definition) is 3. The van der Waals surface area contributed by atoms with Gasteiger partial charge in [0.15, 0.2) is 0 Å². The van der Waals surface area contributed by atoms with Gasteiger partial charge in [0.1, 0.15) is 14.0 Å². The van der Waals surface area contributed by atoms with Crippen molar-refractivity contribution in [2.75, 3.05) is 0 Å². The van der Waals surface area contributed by atoms with Gasteiger partial charge in [-0.2, -0.15) is 0 Å². The van der Waals surface area contributed by atoms with Gasteiger partial charge in [-0.3, -0.25) is 0 Å². The highest BCUT2D eigenvalue weighted by Gasteiger charge is 2.36. The van der Waals surface area contributed by atoms with Gasteiger partial charge in [0, 0.05) is 6.00 Å². The van der Waals surface area contributed by atoms with Crippen LogP contribution in [-0.2, 0) is 4.74 Å². The molecule has 0 aromatic carbocycles. The van der Waals surface area contributed by atoms with Crippen molar-refractivity contribution in [3.63, 3.8) is 0 Å². The zero-order chi connectivity index (χ0) is 7.02. The fraction of sp³-hybridized carbons (Fsp3) is 1.00. The lowest BCUT2D eigenvalue weighted by Crippen LogP contribution is -2.31. The zero-order valence-corrected chi connectivity index (χ0v) is 5.19. The van der Waals surface area contributed by atoms with E-state index in [-0.39, 0.29) is 6.10 Å². The lowest BCUT2D eigenvalue weighted by atomic mass is 9.93. The second-order valence-electron chi connectivity index (χ2n) is 2.29. The van der Waals surface area contributed by atoms with E-state index in [0.717, 1.165) is 0 Å². The summed E-state index contributed by atoms with van der Waals surface area (Å²) in [6.07, 6.45) is -2.12. The van der Waals surface area contributed by atoms with Crippen molar-refractivity contribution in [3.8, 4) is 0 Å². The molecule has 2 radical (unpaired) electrons. The Bertz CT molecular complexity index is 96.4. The molecule has 0 spiro atoms. The summed E-state index contributed by atoms with van der Waals surface area (Å²) in [5, 5.41) is 17.9. The van der Waals surface area contributed by atoms with Gasteiger partial charge in [-0.1, -0.05) is 0 Å². The van der Waals surface area contributed by atoms with Crippen LogP contribution in [0.25, 0.3) is 0 Å². The Morgan fingerprint density at radius 2 is 1.89 bits per heavy atom. The summed E-state index contributed by atoms with van der Waals surface area (Å²) >= 11 is 0. The van der Waals surface area contributed by atoms with Crippen LogP contribution in [0.4, 0.5) is 0 Å². The molecular weight excluding hydrogens is 119 g/mol. The molecule has 1 fully saturated rings. The number of hydrogen-bond donors (Lipinski definition) is 2. The van der Waals surface area contributed by atoms with E-state index in [1.165, 1.54) is 0 Å². The molecule has 2 N–H and O–H groups in total. The average Bonchev–Trinajstić information content (AvgIpc) is 1.98. The largest absolute Gasteiger partial charge is 0.388 e. The highest BCUT2D eigenvalue weighted by atomic mass is 16.5. The molecule has 1 aliphatic rings. The SMILES string of the molecule is [B][C@@H]1O[C@H](C)C(O)C1O. The normalized spacial score (nSPS) is 51.9. The monoisotopic (exact) mass is 128 g/mol. The number of aliphatic hydroxyl groups is 2. The smallest absolute Gasteiger partial charge is 0.112 e. The molecule has 3 nitrogen and oxygen atoms in total. The maximum atomic E-state index is 8.98. The first-order valence-electron chi connectivity index (χ1n) is 2.90. The Hall–Kier alpha value is -0.0551. The van der Waals surface area contributed by atoms with E-state index in [1.54, 1.807) is 6.92 Å². The fourth-order valence-corrected chi connectivity index (χ4v) is 0.881. The van der Waals surface area contributed by atoms with E-state index in [0.29, 0.717) is 0 Å². The highest BCUT2D eigenvalue weighted by Crippen LogP contribution is 2.17. The van der Waals surface area contributed by atoms with Crippen LogP contribution < -0.4 is 0 Å². The maximum Gasteiger partial charge on any atom is 0.112 e. The molecule has 1 saturated heterocycles. The third-order valence-corrected chi connectivity index (χ3v) is 1.54. The molecule has 1 aliphatic heterocycles. The van der Waals surface area contributed by atoms with Crippen LogP contribution in [0.1, 0.15) is 6.92 Å². The molecule has 0 saturated carbocycles. The topological polar surface area (TPSA) is 49.7 Å². The highest BCUT2D eigenvalue weighted by molar-refractivity contribution is 6.11. The van der Waals surface area contributed by atoms with Crippen LogP contribution in [0.3, 0.4) is 0 Å². The second-order valence-corrected chi connectivity index (χ2v) is 2.29. The molecule has 0 bridgehead atoms. The van der Waals surface area contributed by atoms with Crippen molar-refractivity contribution >= 4 is 7.85 Å². The van der Waals surface area contributed by atoms with Crippen molar-refractivity contribution < 1.29 is 14.9 Å². The molecule has 0 amide bonds. The molecule has 1 rings (SSSR count). The Labute approximate surface area is 55.0 Å². The summed E-state index contributed by atoms with van der Waals surface area (Å²) in [4.78, 5) is 0. The predicted molar refractivity (Wildman–Crippen MR) is 32.1 cm³/mol. The molecule has 2 unspecified atom stereocenters. The minimum Gasteiger partial charge on any atom is -0.388 e. The molecule has 50 valence electrons. The quantitative estimate of drug-likeness (QED) is 0.395. The molecule has 0 aromatic rings. The molecule has 4 atom stereocenters. The van der Waals surface area contributed by atoms with Gasteiger partial charge in [0.25, 0.3) is 0 Å². The molecule has 4 heteroatoms. The van der Waals surface area contributed by atoms with Crippen LogP contribution in [0.15, 0.2) is 0 Å². The first-order valence-corrected chi connectivity index (χ1v) is 2.90. The molecule has 0 aliphatic carbocycles. The lowest BCUT2D eigenvalue weighted by Gasteiger charge is -2.08. The van der Waals surface area contributed by atoms with Gasteiger partial charge in [-0.15, -0.1) is 0 Å². The number of aliphatic hydroxyl groups excluding tert-OH is 2. The van der Waals surface area contributed by atoms with E-state index >= 15 is 0 Å². The predicted octanol–water partition coefficient (Wildman–Crippen LogP) is -1.38. The van der Waals surface area contributed by atoms with Gasteiger partial charge in [0.2, 0.25) is 0 Å². The van der Waals surface area contributed by atoms with Crippen molar-refractivity contribution in [2.24, 2.45) is 0 Å². The third kappa shape index (κ3) is 1.10. The van der Waals surface area contributed by atoms with Crippen molar-refractivity contribution in [1.82, 2.24) is 0 Å². The first kappa shape index (κ1) is 7.06. The van der Waals surface area contributed by atoms with E-state index in [2.05, 4.69) is 0 Å². The first-order chi connectivity index (χ1) is 4.13. The van der Waals surface area contributed by atoms with Gasteiger partial charge in [-0.25, -0.2) is 0 Å². The lowest BCUT2D eigenvalue weighted by molar-refractivity contribution is 0.0318. The number of ether oxygens (including phenoxy) is 1. The standard InChI is InChI=1S/C5H9BO3/c1-2-3(7)4(8)5(6)9-2/h2-5,7-8H,1H3/t2-,3?,4?,5-/m1/s1. The maximum absolute atomic E-state index is 8.98. The van der Waals surface area contributed by atoms with E-state index in [9.17, 15) is 0 Å². The Balaban J connectivity index is 2.54. The van der Waals surface area contributed by atoms with Gasteiger partial charge in [0.05, 0.1) is 12.2 Å². The van der Waals surface area contributed by atoms with Crippen LogP contribution in [-0.4, -0.2) is 42.4 Å². The van der Waals surface area contributed by atoms with Gasteiger partial charge < -0.3 is 14.9 Å². The summed E-state index contributed by atoms with van der Waals surface area (Å²) in [6.45, 7) is 1.67. The van der Waals surface area contributed by atoms with Crippen molar-refractivity contribution in [1.29, 1.82) is 0 Å². The summed E-state index contributed by atoms with van der Waals surface area (Å²) in [6, 6.07) is -0.727. The van der Waals surface area contributed by atoms with E-state index < -0.39 is 18.2 Å². The summed E-state index contributed by atoms with van der Waals surface area (Å²) in [5.74, 6) is 0. The summed E-state index contributed by atoms with van der Waals surface area (Å²) in [5.41, 5.74) is 0. The van der Waals surface area contributed by atoms with Crippen LogP contribution >= 0.6 is 0 Å². The minimum absolute atomic E-state index is 0.352. The van der Waals surface area contributed by atoms with Crippen molar-refractivity contribution in [3.05, 3.63) is 0 Å². The minimum atomic E-state index is -0.931. The average molecular weight is 128 g/mol. The van der Waals surface area contributed by atoms with E-state index in [4.69, 9.17) is 22.8 Å². The molecule has 0 aromatic heterocycles. The van der Waals surface area contributed by atoms with Crippen LogP contribution in [0.2, 0.25) is 0 Å². The zero-order valence-electron chi connectivity index (χ0n) is 5.19. The third-order valence-electron chi connectivity index (χ3n) is 1.54.